The average molecular weight is 422 g/mol. The standard InChI is InChI=1S/C22H26N6O3/c1-25-22(30)19(24)17(11-18(23)28-21(29)13-8-9-13)27-16-7-3-6-15(20(16)31-2)14-5-4-10-26-12-14/h3-7,11-13,24,26-27H,8-10H2,1-2H3,(H,25,30)(H2,23,28,29)/b17-11+,24-19?. The SMILES string of the molecule is CNC(=O)C(=N)/C(=C\C(N)=NC(=O)C1CC1)Nc1cccc(C2=CNCC=C2)c1OC. The molecule has 0 radical (unpaired) electrons. The summed E-state index contributed by atoms with van der Waals surface area (Å²) in [5.74, 6) is -0.531. The topological polar surface area (TPSA) is 142 Å². The van der Waals surface area contributed by atoms with E-state index < -0.39 is 5.91 Å². The van der Waals surface area contributed by atoms with Crippen molar-refractivity contribution in [2.75, 3.05) is 26.0 Å². The van der Waals surface area contributed by atoms with Gasteiger partial charge in [-0.1, -0.05) is 24.3 Å². The molecule has 1 aliphatic heterocycles. The smallest absolute Gasteiger partial charge is 0.271 e. The number of nitrogens with zero attached hydrogens (tertiary/aromatic N) is 1. The summed E-state index contributed by atoms with van der Waals surface area (Å²) in [6.07, 6.45) is 8.79. The molecule has 2 amide bonds. The summed E-state index contributed by atoms with van der Waals surface area (Å²) < 4.78 is 5.63. The fourth-order valence-electron chi connectivity index (χ4n) is 3.01. The molecule has 0 saturated heterocycles. The summed E-state index contributed by atoms with van der Waals surface area (Å²) >= 11 is 0. The van der Waals surface area contributed by atoms with E-state index in [4.69, 9.17) is 15.9 Å². The van der Waals surface area contributed by atoms with E-state index in [2.05, 4.69) is 20.9 Å². The van der Waals surface area contributed by atoms with Gasteiger partial charge in [0.15, 0.2) is 0 Å². The van der Waals surface area contributed by atoms with Gasteiger partial charge < -0.3 is 26.4 Å². The third-order valence-corrected chi connectivity index (χ3v) is 4.77. The van der Waals surface area contributed by atoms with Crippen molar-refractivity contribution in [2.24, 2.45) is 16.6 Å². The number of dihydropyridines is 1. The summed E-state index contributed by atoms with van der Waals surface area (Å²) in [7, 11) is 2.97. The second kappa shape index (κ2) is 9.75. The van der Waals surface area contributed by atoms with Gasteiger partial charge in [0.2, 0.25) is 0 Å². The second-order valence-electron chi connectivity index (χ2n) is 7.08. The molecule has 1 saturated carbocycles. The van der Waals surface area contributed by atoms with Gasteiger partial charge in [0.25, 0.3) is 11.8 Å². The van der Waals surface area contributed by atoms with Crippen LogP contribution in [0.5, 0.6) is 5.75 Å². The summed E-state index contributed by atoms with van der Waals surface area (Å²) in [4.78, 5) is 27.9. The number of nitrogens with two attached hydrogens (primary N) is 1. The lowest BCUT2D eigenvalue weighted by atomic mass is 10.0. The number of nitrogens with one attached hydrogen (secondary N) is 4. The Labute approximate surface area is 180 Å². The molecule has 1 aromatic carbocycles. The Bertz CT molecular complexity index is 1020. The molecule has 3 rings (SSSR count). The van der Waals surface area contributed by atoms with E-state index in [1.165, 1.54) is 13.1 Å². The quantitative estimate of drug-likeness (QED) is 0.318. The number of amides is 2. The van der Waals surface area contributed by atoms with Crippen LogP contribution in [0.3, 0.4) is 0 Å². The lowest BCUT2D eigenvalue weighted by Crippen LogP contribution is -2.31. The van der Waals surface area contributed by atoms with Gasteiger partial charge in [-0.25, -0.2) is 0 Å². The normalized spacial score (nSPS) is 16.1. The first-order valence-electron chi connectivity index (χ1n) is 9.89. The Hall–Kier alpha value is -3.88. The molecule has 0 atom stereocenters. The van der Waals surface area contributed by atoms with Crippen molar-refractivity contribution in [1.29, 1.82) is 5.41 Å². The van der Waals surface area contributed by atoms with Gasteiger partial charge in [0.05, 0.1) is 18.5 Å². The van der Waals surface area contributed by atoms with E-state index in [-0.39, 0.29) is 29.1 Å². The van der Waals surface area contributed by atoms with Crippen molar-refractivity contribution < 1.29 is 14.3 Å². The van der Waals surface area contributed by atoms with Crippen LogP contribution in [0.25, 0.3) is 5.57 Å². The zero-order chi connectivity index (χ0) is 22.4. The highest BCUT2D eigenvalue weighted by atomic mass is 16.5. The number of methoxy groups -OCH3 is 1. The lowest BCUT2D eigenvalue weighted by molar-refractivity contribution is -0.119. The average Bonchev–Trinajstić information content (AvgIpc) is 3.63. The number of anilines is 1. The maximum atomic E-state index is 12.1. The van der Waals surface area contributed by atoms with Gasteiger partial charge in [-0.3, -0.25) is 15.0 Å². The number of ether oxygens (including phenoxy) is 1. The van der Waals surface area contributed by atoms with Gasteiger partial charge in [-0.15, -0.1) is 0 Å². The van der Waals surface area contributed by atoms with Crippen molar-refractivity contribution in [3.63, 3.8) is 0 Å². The predicted molar refractivity (Wildman–Crippen MR) is 121 cm³/mol. The van der Waals surface area contributed by atoms with E-state index in [1.54, 1.807) is 13.2 Å². The number of rotatable bonds is 8. The van der Waals surface area contributed by atoms with Crippen molar-refractivity contribution in [3.8, 4) is 5.75 Å². The van der Waals surface area contributed by atoms with Crippen molar-refractivity contribution in [1.82, 2.24) is 10.6 Å². The van der Waals surface area contributed by atoms with Crippen LogP contribution in [0.2, 0.25) is 0 Å². The molecule has 6 N–H and O–H groups in total. The van der Waals surface area contributed by atoms with E-state index in [9.17, 15) is 9.59 Å². The van der Waals surface area contributed by atoms with Crippen molar-refractivity contribution in [2.45, 2.75) is 12.8 Å². The first-order valence-corrected chi connectivity index (χ1v) is 9.89. The van der Waals surface area contributed by atoms with Gasteiger partial charge in [0.1, 0.15) is 17.3 Å². The molecule has 31 heavy (non-hydrogen) atoms. The minimum Gasteiger partial charge on any atom is -0.494 e. The molecule has 1 heterocycles. The molecule has 0 bridgehead atoms. The van der Waals surface area contributed by atoms with Crippen LogP contribution in [-0.2, 0) is 9.59 Å². The molecule has 0 aromatic heterocycles. The number of benzene rings is 1. The Kier molecular flexibility index (Phi) is 6.86. The van der Waals surface area contributed by atoms with Crippen LogP contribution in [-0.4, -0.2) is 44.1 Å². The molecule has 1 fully saturated rings. The second-order valence-corrected chi connectivity index (χ2v) is 7.08. The molecule has 9 nitrogen and oxygen atoms in total. The van der Waals surface area contributed by atoms with Crippen LogP contribution < -0.4 is 26.4 Å². The lowest BCUT2D eigenvalue weighted by Gasteiger charge is -2.18. The first-order chi connectivity index (χ1) is 14.9. The number of hydrogen-bond donors (Lipinski definition) is 5. The van der Waals surface area contributed by atoms with Crippen molar-refractivity contribution >= 4 is 34.6 Å². The molecular formula is C22H26N6O3. The summed E-state index contributed by atoms with van der Waals surface area (Å²) in [5.41, 5.74) is 7.93. The number of carbonyl (C=O) groups is 2. The molecule has 0 unspecified atom stereocenters. The summed E-state index contributed by atoms with van der Waals surface area (Å²) in [6.45, 7) is 0.748. The van der Waals surface area contributed by atoms with E-state index in [0.29, 0.717) is 11.4 Å². The molecule has 2 aliphatic rings. The first kappa shape index (κ1) is 21.8. The fourth-order valence-corrected chi connectivity index (χ4v) is 3.01. The molecule has 1 aliphatic carbocycles. The largest absolute Gasteiger partial charge is 0.494 e. The van der Waals surface area contributed by atoms with E-state index in [1.807, 2.05) is 30.5 Å². The van der Waals surface area contributed by atoms with Crippen molar-refractivity contribution in [3.05, 3.63) is 53.9 Å². The van der Waals surface area contributed by atoms with Crippen LogP contribution in [0, 0.1) is 11.3 Å². The monoisotopic (exact) mass is 422 g/mol. The zero-order valence-electron chi connectivity index (χ0n) is 17.5. The molecule has 9 heteroatoms. The van der Waals surface area contributed by atoms with Gasteiger partial charge in [0, 0.05) is 42.9 Å². The number of para-hydroxylation sites is 1. The van der Waals surface area contributed by atoms with Gasteiger partial charge >= 0.3 is 0 Å². The number of hydrogen-bond acceptors (Lipinski definition) is 6. The number of amidine groups is 1. The Morgan fingerprint density at radius 2 is 2.13 bits per heavy atom. The third-order valence-electron chi connectivity index (χ3n) is 4.77. The molecule has 0 spiro atoms. The van der Waals surface area contributed by atoms with Crippen LogP contribution >= 0.6 is 0 Å². The zero-order valence-corrected chi connectivity index (χ0v) is 17.5. The Balaban J connectivity index is 1.97. The van der Waals surface area contributed by atoms with Crippen LogP contribution in [0.4, 0.5) is 5.69 Å². The van der Waals surface area contributed by atoms with E-state index >= 15 is 0 Å². The van der Waals surface area contributed by atoms with Gasteiger partial charge in [-0.2, -0.15) is 4.99 Å². The molecular weight excluding hydrogens is 396 g/mol. The Morgan fingerprint density at radius 3 is 2.74 bits per heavy atom. The highest BCUT2D eigenvalue weighted by molar-refractivity contribution is 6.45. The summed E-state index contributed by atoms with van der Waals surface area (Å²) in [6, 6.07) is 5.50. The number of allylic oxidation sites excluding steroid dienone is 2. The minimum absolute atomic E-state index is 0.0784. The number of aliphatic imine (C=N–C) groups is 1. The van der Waals surface area contributed by atoms with Crippen LogP contribution in [0.1, 0.15) is 18.4 Å². The van der Waals surface area contributed by atoms with Gasteiger partial charge in [-0.05, 0) is 18.9 Å². The maximum absolute atomic E-state index is 12.1. The maximum Gasteiger partial charge on any atom is 0.271 e. The van der Waals surface area contributed by atoms with E-state index in [0.717, 1.165) is 30.5 Å². The highest BCUT2D eigenvalue weighted by Gasteiger charge is 2.29. The Morgan fingerprint density at radius 1 is 1.35 bits per heavy atom. The third kappa shape index (κ3) is 5.39. The number of carbonyl (C=O) groups excluding carboxylic acids is 2. The highest BCUT2D eigenvalue weighted by Crippen LogP contribution is 2.35. The molecule has 1 aromatic rings. The summed E-state index contributed by atoms with van der Waals surface area (Å²) in [5, 5.41) is 16.9. The minimum atomic E-state index is -0.614. The molecule has 162 valence electrons. The fraction of sp³-hybridized carbons (Fsp3) is 0.273. The predicted octanol–water partition coefficient (Wildman–Crippen LogP) is 1.55. The van der Waals surface area contributed by atoms with Crippen LogP contribution in [0.15, 0.2) is 53.3 Å².